The van der Waals surface area contributed by atoms with Gasteiger partial charge >= 0.3 is 5.97 Å². The molecule has 7 heteroatoms. The first-order valence-electron chi connectivity index (χ1n) is 9.76. The van der Waals surface area contributed by atoms with Crippen LogP contribution >= 0.6 is 0 Å². The van der Waals surface area contributed by atoms with Gasteiger partial charge in [0, 0.05) is 5.69 Å². The van der Waals surface area contributed by atoms with E-state index in [9.17, 15) is 9.59 Å². The summed E-state index contributed by atoms with van der Waals surface area (Å²) in [5.41, 5.74) is 4.30. The molecule has 0 atom stereocenters. The van der Waals surface area contributed by atoms with Gasteiger partial charge in [0.25, 0.3) is 5.91 Å². The van der Waals surface area contributed by atoms with Crippen molar-refractivity contribution in [2.24, 2.45) is 0 Å². The van der Waals surface area contributed by atoms with Gasteiger partial charge in [0.15, 0.2) is 18.1 Å². The molecule has 0 unspecified atom stereocenters. The van der Waals surface area contributed by atoms with Crippen molar-refractivity contribution in [3.63, 3.8) is 0 Å². The zero-order valence-corrected chi connectivity index (χ0v) is 18.4. The van der Waals surface area contributed by atoms with Crippen LogP contribution in [0.3, 0.4) is 0 Å². The van der Waals surface area contributed by atoms with Crippen LogP contribution in [0.15, 0.2) is 35.9 Å². The Morgan fingerprint density at radius 2 is 1.77 bits per heavy atom. The Morgan fingerprint density at radius 3 is 2.35 bits per heavy atom. The van der Waals surface area contributed by atoms with Crippen LogP contribution in [0.2, 0.25) is 0 Å². The van der Waals surface area contributed by atoms with Crippen LogP contribution in [0.5, 0.6) is 11.5 Å². The number of amides is 1. The zero-order valence-electron chi connectivity index (χ0n) is 18.4. The molecule has 0 bridgehead atoms. The van der Waals surface area contributed by atoms with Gasteiger partial charge in [-0.3, -0.25) is 4.79 Å². The number of hydrogen-bond donors (Lipinski definition) is 1. The highest BCUT2D eigenvalue weighted by molar-refractivity contribution is 5.98. The number of hydrogen-bond acceptors (Lipinski definition) is 6. The topological polar surface area (TPSA) is 97.7 Å². The summed E-state index contributed by atoms with van der Waals surface area (Å²) in [6.07, 6.45) is 1.40. The highest BCUT2D eigenvalue weighted by Crippen LogP contribution is 2.29. The standard InChI is InChI=1S/C24H26N2O5/c1-6-30-24(28)19(13-25)11-18-7-8-20(21(12-18)29-5)31-14-22(27)26-23-16(3)9-15(2)10-17(23)4/h7-12H,6,14H2,1-5H3,(H,26,27)/b19-11+. The van der Waals surface area contributed by atoms with Crippen molar-refractivity contribution in [3.05, 3.63) is 58.2 Å². The SMILES string of the molecule is CCOC(=O)/C(C#N)=C/c1ccc(OCC(=O)Nc2c(C)cc(C)cc2C)c(OC)c1. The molecule has 0 saturated heterocycles. The number of aryl methyl sites for hydroxylation is 3. The van der Waals surface area contributed by atoms with Crippen molar-refractivity contribution in [1.29, 1.82) is 5.26 Å². The third-order valence-corrected chi connectivity index (χ3v) is 4.41. The highest BCUT2D eigenvalue weighted by atomic mass is 16.5. The van der Waals surface area contributed by atoms with Crippen LogP contribution in [0.25, 0.3) is 6.08 Å². The molecule has 0 aliphatic carbocycles. The summed E-state index contributed by atoms with van der Waals surface area (Å²) >= 11 is 0. The molecule has 2 rings (SSSR count). The Kier molecular flexibility index (Phi) is 8.21. The Bertz CT molecular complexity index is 1030. The number of benzene rings is 2. The van der Waals surface area contributed by atoms with E-state index in [1.165, 1.54) is 13.2 Å². The summed E-state index contributed by atoms with van der Waals surface area (Å²) in [7, 11) is 1.46. The second kappa shape index (κ2) is 10.8. The van der Waals surface area contributed by atoms with Crippen molar-refractivity contribution >= 4 is 23.6 Å². The van der Waals surface area contributed by atoms with Gasteiger partial charge in [0.05, 0.1) is 13.7 Å². The van der Waals surface area contributed by atoms with Gasteiger partial charge in [-0.25, -0.2) is 4.79 Å². The minimum atomic E-state index is -0.692. The average molecular weight is 422 g/mol. The van der Waals surface area contributed by atoms with E-state index in [4.69, 9.17) is 19.5 Å². The lowest BCUT2D eigenvalue weighted by Crippen LogP contribution is -2.21. The number of ether oxygens (including phenoxy) is 3. The number of nitriles is 1. The first-order valence-corrected chi connectivity index (χ1v) is 9.76. The summed E-state index contributed by atoms with van der Waals surface area (Å²) in [4.78, 5) is 24.2. The van der Waals surface area contributed by atoms with Gasteiger partial charge in [0.1, 0.15) is 11.6 Å². The Labute approximate surface area is 182 Å². The Morgan fingerprint density at radius 1 is 1.10 bits per heavy atom. The second-order valence-electron chi connectivity index (χ2n) is 6.91. The van der Waals surface area contributed by atoms with E-state index < -0.39 is 5.97 Å². The van der Waals surface area contributed by atoms with Crippen molar-refractivity contribution in [2.45, 2.75) is 27.7 Å². The predicted octanol–water partition coefficient (Wildman–Crippen LogP) is 4.11. The van der Waals surface area contributed by atoms with Gasteiger partial charge in [-0.15, -0.1) is 0 Å². The first-order chi connectivity index (χ1) is 14.8. The van der Waals surface area contributed by atoms with Gasteiger partial charge in [-0.05, 0) is 62.6 Å². The highest BCUT2D eigenvalue weighted by Gasteiger charge is 2.13. The maximum absolute atomic E-state index is 12.4. The summed E-state index contributed by atoms with van der Waals surface area (Å²) in [5.74, 6) is -0.259. The molecule has 1 amide bonds. The van der Waals surface area contributed by atoms with Crippen LogP contribution in [0, 0.1) is 32.1 Å². The molecule has 0 aromatic heterocycles. The fraction of sp³-hybridized carbons (Fsp3) is 0.292. The lowest BCUT2D eigenvalue weighted by molar-refractivity contribution is -0.137. The number of anilines is 1. The molecular formula is C24H26N2O5. The number of carbonyl (C=O) groups excluding carboxylic acids is 2. The van der Waals surface area contributed by atoms with Crippen molar-refractivity contribution < 1.29 is 23.8 Å². The lowest BCUT2D eigenvalue weighted by atomic mass is 10.1. The quantitative estimate of drug-likeness (QED) is 0.391. The van der Waals surface area contributed by atoms with Crippen LogP contribution in [0.1, 0.15) is 29.2 Å². The van der Waals surface area contributed by atoms with Crippen LogP contribution in [0.4, 0.5) is 5.69 Å². The number of nitrogens with zero attached hydrogens (tertiary/aromatic N) is 1. The molecule has 7 nitrogen and oxygen atoms in total. The largest absolute Gasteiger partial charge is 0.493 e. The molecule has 2 aromatic carbocycles. The molecule has 0 aliphatic heterocycles. The smallest absolute Gasteiger partial charge is 0.348 e. The fourth-order valence-corrected chi connectivity index (χ4v) is 3.10. The van der Waals surface area contributed by atoms with Crippen LogP contribution in [-0.4, -0.2) is 32.2 Å². The molecule has 0 saturated carbocycles. The fourth-order valence-electron chi connectivity index (χ4n) is 3.10. The molecule has 0 radical (unpaired) electrons. The molecule has 162 valence electrons. The van der Waals surface area contributed by atoms with E-state index in [0.717, 1.165) is 22.4 Å². The third-order valence-electron chi connectivity index (χ3n) is 4.41. The van der Waals surface area contributed by atoms with E-state index in [-0.39, 0.29) is 24.7 Å². The first kappa shape index (κ1) is 23.5. The van der Waals surface area contributed by atoms with Crippen molar-refractivity contribution in [2.75, 3.05) is 25.6 Å². The van der Waals surface area contributed by atoms with Crippen LogP contribution < -0.4 is 14.8 Å². The summed E-state index contributed by atoms with van der Waals surface area (Å²) in [5, 5.41) is 12.0. The third kappa shape index (κ3) is 6.34. The van der Waals surface area contributed by atoms with Gasteiger partial charge in [-0.1, -0.05) is 23.8 Å². The minimum absolute atomic E-state index is 0.124. The summed E-state index contributed by atoms with van der Waals surface area (Å²) < 4.78 is 15.8. The molecule has 0 fully saturated rings. The Balaban J connectivity index is 2.11. The van der Waals surface area contributed by atoms with Crippen molar-refractivity contribution in [3.8, 4) is 17.6 Å². The second-order valence-corrected chi connectivity index (χ2v) is 6.91. The Hall–Kier alpha value is -3.79. The van der Waals surface area contributed by atoms with E-state index in [0.29, 0.717) is 17.1 Å². The van der Waals surface area contributed by atoms with Gasteiger partial charge < -0.3 is 19.5 Å². The average Bonchev–Trinajstić information content (AvgIpc) is 2.73. The molecule has 0 aliphatic rings. The van der Waals surface area contributed by atoms with E-state index in [2.05, 4.69) is 5.32 Å². The number of nitrogens with one attached hydrogen (secondary N) is 1. The molecule has 0 heterocycles. The molecule has 31 heavy (non-hydrogen) atoms. The van der Waals surface area contributed by atoms with Crippen LogP contribution in [-0.2, 0) is 14.3 Å². The normalized spacial score (nSPS) is 10.8. The maximum atomic E-state index is 12.4. The lowest BCUT2D eigenvalue weighted by Gasteiger charge is -2.14. The monoisotopic (exact) mass is 422 g/mol. The van der Waals surface area contributed by atoms with E-state index in [1.54, 1.807) is 25.1 Å². The van der Waals surface area contributed by atoms with Gasteiger partial charge in [-0.2, -0.15) is 5.26 Å². The zero-order chi connectivity index (χ0) is 23.0. The van der Waals surface area contributed by atoms with Gasteiger partial charge in [0.2, 0.25) is 0 Å². The number of methoxy groups -OCH3 is 1. The van der Waals surface area contributed by atoms with E-state index in [1.807, 2.05) is 39.0 Å². The number of rotatable bonds is 8. The molecule has 1 N–H and O–H groups in total. The van der Waals surface area contributed by atoms with Crippen molar-refractivity contribution in [1.82, 2.24) is 0 Å². The predicted molar refractivity (Wildman–Crippen MR) is 118 cm³/mol. The molecular weight excluding hydrogens is 396 g/mol. The molecule has 2 aromatic rings. The molecule has 0 spiro atoms. The maximum Gasteiger partial charge on any atom is 0.348 e. The summed E-state index contributed by atoms with van der Waals surface area (Å²) in [6, 6.07) is 10.7. The minimum Gasteiger partial charge on any atom is -0.493 e. The number of esters is 1. The summed E-state index contributed by atoms with van der Waals surface area (Å²) in [6.45, 7) is 7.53. The number of carbonyl (C=O) groups is 2. The van der Waals surface area contributed by atoms with E-state index >= 15 is 0 Å².